The number of fused-ring (bicyclic) bond motifs is 1. The van der Waals surface area contributed by atoms with Crippen molar-refractivity contribution in [3.63, 3.8) is 0 Å². The zero-order valence-corrected chi connectivity index (χ0v) is 16.5. The van der Waals surface area contributed by atoms with Gasteiger partial charge >= 0.3 is 0 Å². The first kappa shape index (κ1) is 18.6. The summed E-state index contributed by atoms with van der Waals surface area (Å²) >= 11 is 0. The largest absolute Gasteiger partial charge is 0.383 e. The Hall–Kier alpha value is -4.40. The van der Waals surface area contributed by atoms with Crippen molar-refractivity contribution in [2.75, 3.05) is 5.73 Å². The predicted octanol–water partition coefficient (Wildman–Crippen LogP) is 2.60. The summed E-state index contributed by atoms with van der Waals surface area (Å²) < 4.78 is 3.25. The van der Waals surface area contributed by atoms with Crippen LogP contribution in [0.2, 0.25) is 0 Å². The summed E-state index contributed by atoms with van der Waals surface area (Å²) in [6, 6.07) is 18.9. The molecule has 0 aliphatic heterocycles. The Balaban J connectivity index is 1.44. The highest BCUT2D eigenvalue weighted by atomic mass is 16.1. The number of nitrogens with two attached hydrogens (primary N) is 1. The number of benzene rings is 2. The number of nitrogen functional groups attached to an aromatic ring is 1. The molecule has 0 fully saturated rings. The lowest BCUT2D eigenvalue weighted by Crippen LogP contribution is -2.10. The highest BCUT2D eigenvalue weighted by Crippen LogP contribution is 2.30. The number of ketones is 1. The van der Waals surface area contributed by atoms with E-state index in [1.165, 1.54) is 11.0 Å². The first-order valence-corrected chi connectivity index (χ1v) is 9.69. The van der Waals surface area contributed by atoms with Crippen LogP contribution in [0.25, 0.3) is 22.3 Å². The van der Waals surface area contributed by atoms with Crippen LogP contribution in [0, 0.1) is 0 Å². The number of nitrogens with zero attached hydrogens (tertiary/aromatic N) is 7. The molecule has 0 aliphatic rings. The van der Waals surface area contributed by atoms with Crippen LogP contribution in [0.3, 0.4) is 0 Å². The van der Waals surface area contributed by atoms with Crippen LogP contribution in [-0.4, -0.2) is 40.5 Å². The topological polar surface area (TPSA) is 117 Å². The Morgan fingerprint density at radius 1 is 0.968 bits per heavy atom. The monoisotopic (exact) mass is 410 g/mol. The molecule has 9 heteroatoms. The summed E-state index contributed by atoms with van der Waals surface area (Å²) in [4.78, 5) is 20.9. The molecule has 9 nitrogen and oxygen atoms in total. The van der Waals surface area contributed by atoms with Crippen LogP contribution in [0.15, 0.2) is 73.2 Å². The van der Waals surface area contributed by atoms with Gasteiger partial charge in [-0.05, 0) is 0 Å². The van der Waals surface area contributed by atoms with E-state index in [9.17, 15) is 4.79 Å². The second kappa shape index (κ2) is 7.79. The molecule has 0 bridgehead atoms. The summed E-state index contributed by atoms with van der Waals surface area (Å²) in [5, 5.41) is 13.7. The van der Waals surface area contributed by atoms with E-state index in [0.29, 0.717) is 40.3 Å². The molecule has 2 N–H and O–H groups in total. The lowest BCUT2D eigenvalue weighted by atomic mass is 10.1. The second-order valence-corrected chi connectivity index (χ2v) is 7.03. The summed E-state index contributed by atoms with van der Waals surface area (Å²) in [5.74, 6) is 0.334. The van der Waals surface area contributed by atoms with E-state index in [1.54, 1.807) is 23.0 Å². The van der Waals surface area contributed by atoms with Crippen molar-refractivity contribution < 1.29 is 4.79 Å². The minimum atomic E-state index is -0.0338. The molecule has 0 saturated carbocycles. The molecule has 0 aliphatic carbocycles. The van der Waals surface area contributed by atoms with E-state index in [1.807, 2.05) is 48.5 Å². The summed E-state index contributed by atoms with van der Waals surface area (Å²) in [5.41, 5.74) is 9.67. The van der Waals surface area contributed by atoms with E-state index in [0.717, 1.165) is 5.56 Å². The van der Waals surface area contributed by atoms with Gasteiger partial charge in [-0.15, -0.1) is 5.10 Å². The minimum Gasteiger partial charge on any atom is -0.383 e. The maximum atomic E-state index is 12.4. The van der Waals surface area contributed by atoms with E-state index < -0.39 is 0 Å². The van der Waals surface area contributed by atoms with Gasteiger partial charge in [0.25, 0.3) is 0 Å². The maximum absolute atomic E-state index is 12.4. The quantitative estimate of drug-likeness (QED) is 0.428. The van der Waals surface area contributed by atoms with Crippen LogP contribution in [-0.2, 0) is 13.1 Å². The molecular formula is C22H18N8O. The van der Waals surface area contributed by atoms with Crippen LogP contribution >= 0.6 is 0 Å². The van der Waals surface area contributed by atoms with Gasteiger partial charge in [-0.25, -0.2) is 19.3 Å². The molecule has 0 spiro atoms. The number of Topliss-reactive ketones (excluding diaryl/α,β-unsaturated/α-hetero) is 1. The highest BCUT2D eigenvalue weighted by Gasteiger charge is 2.18. The van der Waals surface area contributed by atoms with Gasteiger partial charge in [0.15, 0.2) is 11.4 Å². The molecule has 5 aromatic rings. The van der Waals surface area contributed by atoms with Gasteiger partial charge in [-0.1, -0.05) is 65.9 Å². The lowest BCUT2D eigenvalue weighted by Gasteiger charge is -2.00. The molecule has 0 amide bonds. The average molecular weight is 410 g/mol. The van der Waals surface area contributed by atoms with Crippen LogP contribution in [0.5, 0.6) is 0 Å². The van der Waals surface area contributed by atoms with Crippen molar-refractivity contribution in [3.05, 3.63) is 84.4 Å². The smallest absolute Gasteiger partial charge is 0.184 e. The Labute approximate surface area is 177 Å². The molecule has 2 aromatic carbocycles. The molecule has 0 atom stereocenters. The minimum absolute atomic E-state index is 0.0338. The normalized spacial score (nSPS) is 11.1. The molecule has 3 aromatic heterocycles. The van der Waals surface area contributed by atoms with Gasteiger partial charge in [0.05, 0.1) is 18.1 Å². The average Bonchev–Trinajstić information content (AvgIpc) is 3.40. The van der Waals surface area contributed by atoms with Crippen molar-refractivity contribution in [2.24, 2.45) is 0 Å². The summed E-state index contributed by atoms with van der Waals surface area (Å²) in [6.07, 6.45) is 3.15. The first-order valence-electron chi connectivity index (χ1n) is 9.69. The fourth-order valence-electron chi connectivity index (χ4n) is 3.44. The number of hydrogen-bond acceptors (Lipinski definition) is 7. The molecule has 0 unspecified atom stereocenters. The van der Waals surface area contributed by atoms with Crippen molar-refractivity contribution in [3.8, 4) is 11.3 Å². The predicted molar refractivity (Wildman–Crippen MR) is 115 cm³/mol. The fourth-order valence-corrected chi connectivity index (χ4v) is 3.44. The lowest BCUT2D eigenvalue weighted by molar-refractivity contribution is 0.0967. The fraction of sp³-hybridized carbons (Fsp3) is 0.0909. The maximum Gasteiger partial charge on any atom is 0.184 e. The third kappa shape index (κ3) is 3.64. The third-order valence-electron chi connectivity index (χ3n) is 4.91. The zero-order valence-electron chi connectivity index (χ0n) is 16.5. The molecule has 152 valence electrons. The van der Waals surface area contributed by atoms with Crippen molar-refractivity contribution in [2.45, 2.75) is 13.1 Å². The van der Waals surface area contributed by atoms with E-state index in [-0.39, 0.29) is 12.3 Å². The van der Waals surface area contributed by atoms with Gasteiger partial charge in [0, 0.05) is 11.1 Å². The first-order chi connectivity index (χ1) is 15.2. The number of aromatic nitrogens is 7. The SMILES string of the molecule is Nc1ncnc2c1c(-c1ccccc1)nn2Cc1cn(CC(=O)c2ccccc2)nn1. The van der Waals surface area contributed by atoms with Crippen molar-refractivity contribution >= 4 is 22.6 Å². The van der Waals surface area contributed by atoms with Gasteiger partial charge in [-0.3, -0.25) is 4.79 Å². The van der Waals surface area contributed by atoms with Gasteiger partial charge in [0.1, 0.15) is 30.1 Å². The summed E-state index contributed by atoms with van der Waals surface area (Å²) in [6.45, 7) is 0.445. The Morgan fingerprint density at radius 2 is 1.71 bits per heavy atom. The molecule has 31 heavy (non-hydrogen) atoms. The zero-order chi connectivity index (χ0) is 21.2. The number of carbonyl (C=O) groups is 1. The Kier molecular flexibility index (Phi) is 4.68. The van der Waals surface area contributed by atoms with Gasteiger partial charge < -0.3 is 5.73 Å². The highest BCUT2D eigenvalue weighted by molar-refractivity contribution is 5.98. The number of rotatable bonds is 6. The standard InChI is InChI=1S/C22H18N8O/c23-21-19-20(16-9-5-2-6-10-16)27-30(22(19)25-14-24-21)12-17-11-29(28-26-17)13-18(31)15-7-3-1-4-8-15/h1-11,14H,12-13H2,(H2,23,24,25). The van der Waals surface area contributed by atoms with Gasteiger partial charge in [-0.2, -0.15) is 5.10 Å². The van der Waals surface area contributed by atoms with E-state index in [4.69, 9.17) is 10.8 Å². The third-order valence-corrected chi connectivity index (χ3v) is 4.91. The summed E-state index contributed by atoms with van der Waals surface area (Å²) in [7, 11) is 0. The molecular weight excluding hydrogens is 392 g/mol. The van der Waals surface area contributed by atoms with E-state index in [2.05, 4.69) is 20.3 Å². The van der Waals surface area contributed by atoms with Gasteiger partial charge in [0.2, 0.25) is 0 Å². The molecule has 0 radical (unpaired) electrons. The van der Waals surface area contributed by atoms with E-state index >= 15 is 0 Å². The van der Waals surface area contributed by atoms with Crippen molar-refractivity contribution in [1.29, 1.82) is 0 Å². The number of hydrogen-bond donors (Lipinski definition) is 1. The van der Waals surface area contributed by atoms with Crippen LogP contribution in [0.4, 0.5) is 5.82 Å². The van der Waals surface area contributed by atoms with Crippen LogP contribution in [0.1, 0.15) is 16.1 Å². The molecule has 0 saturated heterocycles. The molecule has 5 rings (SSSR count). The van der Waals surface area contributed by atoms with Crippen LogP contribution < -0.4 is 5.73 Å². The second-order valence-electron chi connectivity index (χ2n) is 7.03. The Morgan fingerprint density at radius 3 is 2.48 bits per heavy atom. The Bertz CT molecular complexity index is 1360. The van der Waals surface area contributed by atoms with Crippen molar-refractivity contribution in [1.82, 2.24) is 34.7 Å². The number of carbonyl (C=O) groups excluding carboxylic acids is 1. The molecule has 3 heterocycles. The number of anilines is 1.